The van der Waals surface area contributed by atoms with Gasteiger partial charge in [0.05, 0.1) is 11.7 Å². The summed E-state index contributed by atoms with van der Waals surface area (Å²) < 4.78 is 3.22. The largest absolute Gasteiger partial charge is 0.304 e. The molecule has 0 N–H and O–H groups in total. The summed E-state index contributed by atoms with van der Waals surface area (Å²) in [6.45, 7) is 4.36. The summed E-state index contributed by atoms with van der Waals surface area (Å²) in [4.78, 5) is 2.37. The van der Waals surface area contributed by atoms with Crippen molar-refractivity contribution >= 4 is 15.9 Å². The van der Waals surface area contributed by atoms with E-state index >= 15 is 0 Å². The second-order valence-electron chi connectivity index (χ2n) is 4.11. The topological polar surface area (TPSA) is 21.1 Å². The van der Waals surface area contributed by atoms with Crippen LogP contribution in [0, 0.1) is 6.92 Å². The fraction of sp³-hybridized carbons (Fsp3) is 0.700. The van der Waals surface area contributed by atoms with Gasteiger partial charge in [-0.05, 0) is 55.4 Å². The van der Waals surface area contributed by atoms with Crippen molar-refractivity contribution in [3.8, 4) is 0 Å². The minimum absolute atomic E-state index is 0.539. The molecule has 1 aromatic heterocycles. The molecule has 2 heterocycles. The molecule has 0 amide bonds. The van der Waals surface area contributed by atoms with Crippen LogP contribution in [0.3, 0.4) is 0 Å². The molecule has 1 aliphatic rings. The number of hydrogen-bond acceptors (Lipinski definition) is 2. The summed E-state index contributed by atoms with van der Waals surface area (Å²) in [5.74, 6) is 0. The first-order valence-corrected chi connectivity index (χ1v) is 5.86. The van der Waals surface area contributed by atoms with Gasteiger partial charge in [-0.3, -0.25) is 4.68 Å². The van der Waals surface area contributed by atoms with E-state index in [2.05, 4.69) is 43.7 Å². The average molecular weight is 258 g/mol. The van der Waals surface area contributed by atoms with E-state index in [-0.39, 0.29) is 0 Å². The molecule has 0 aliphatic carbocycles. The quantitative estimate of drug-likeness (QED) is 0.770. The molecule has 3 nitrogen and oxygen atoms in total. The van der Waals surface area contributed by atoms with E-state index < -0.39 is 0 Å². The first-order chi connectivity index (χ1) is 6.66. The van der Waals surface area contributed by atoms with Gasteiger partial charge in [0, 0.05) is 6.54 Å². The minimum Gasteiger partial charge on any atom is -0.304 e. The van der Waals surface area contributed by atoms with E-state index in [9.17, 15) is 0 Å². The van der Waals surface area contributed by atoms with Gasteiger partial charge >= 0.3 is 0 Å². The van der Waals surface area contributed by atoms with Gasteiger partial charge in [-0.25, -0.2) is 0 Å². The Labute approximate surface area is 93.2 Å². The van der Waals surface area contributed by atoms with Crippen LogP contribution in [0.2, 0.25) is 0 Å². The molecular weight excluding hydrogens is 242 g/mol. The van der Waals surface area contributed by atoms with Crippen molar-refractivity contribution in [2.45, 2.75) is 25.8 Å². The third-order valence-electron chi connectivity index (χ3n) is 2.76. The first-order valence-electron chi connectivity index (χ1n) is 5.07. The van der Waals surface area contributed by atoms with Crippen molar-refractivity contribution in [2.24, 2.45) is 0 Å². The molecule has 1 fully saturated rings. The van der Waals surface area contributed by atoms with Crippen molar-refractivity contribution in [3.05, 3.63) is 16.4 Å². The summed E-state index contributed by atoms with van der Waals surface area (Å²) >= 11 is 3.55. The lowest BCUT2D eigenvalue weighted by Crippen LogP contribution is -2.34. The van der Waals surface area contributed by atoms with Crippen LogP contribution < -0.4 is 0 Å². The smallest absolute Gasteiger partial charge is 0.104 e. The van der Waals surface area contributed by atoms with Gasteiger partial charge < -0.3 is 4.90 Å². The fourth-order valence-corrected chi connectivity index (χ4v) is 2.78. The van der Waals surface area contributed by atoms with Gasteiger partial charge in [-0.15, -0.1) is 0 Å². The molecule has 4 heteroatoms. The predicted octanol–water partition coefficient (Wildman–Crippen LogP) is 2.22. The number of likely N-dealkylation sites (tertiary alicyclic amines) is 1. The van der Waals surface area contributed by atoms with Crippen LogP contribution in [0.25, 0.3) is 0 Å². The summed E-state index contributed by atoms with van der Waals surface area (Å²) in [7, 11) is 2.18. The Kier molecular flexibility index (Phi) is 2.93. The minimum atomic E-state index is 0.539. The maximum Gasteiger partial charge on any atom is 0.104 e. The number of rotatable bonds is 1. The molecule has 2 rings (SSSR count). The van der Waals surface area contributed by atoms with Gasteiger partial charge in [-0.1, -0.05) is 0 Å². The fourth-order valence-electron chi connectivity index (χ4n) is 2.08. The van der Waals surface area contributed by atoms with Gasteiger partial charge in [0.2, 0.25) is 0 Å². The molecule has 0 radical (unpaired) electrons. The Bertz CT molecular complexity index is 321. The van der Waals surface area contributed by atoms with E-state index in [0.717, 1.165) is 16.8 Å². The van der Waals surface area contributed by atoms with E-state index in [4.69, 9.17) is 0 Å². The zero-order valence-corrected chi connectivity index (χ0v) is 10.3. The third-order valence-corrected chi connectivity index (χ3v) is 3.35. The number of halogens is 1. The number of likely N-dealkylation sites (N-methyl/N-ethyl adjacent to an activating group) is 1. The SMILES string of the molecule is Cc1cc(Br)n(C2CCCN(C)C2)n1. The van der Waals surface area contributed by atoms with Crippen LogP contribution in [0.15, 0.2) is 10.7 Å². The molecule has 0 bridgehead atoms. The van der Waals surface area contributed by atoms with Crippen LogP contribution in [0.4, 0.5) is 0 Å². The molecule has 1 saturated heterocycles. The summed E-state index contributed by atoms with van der Waals surface area (Å²) in [5.41, 5.74) is 1.09. The van der Waals surface area contributed by atoms with Crippen LogP contribution in [0.5, 0.6) is 0 Å². The van der Waals surface area contributed by atoms with E-state index in [1.54, 1.807) is 0 Å². The van der Waals surface area contributed by atoms with Crippen molar-refractivity contribution < 1.29 is 0 Å². The Morgan fingerprint density at radius 1 is 1.57 bits per heavy atom. The standard InChI is InChI=1S/C10H16BrN3/c1-8-6-10(11)14(12-8)9-4-3-5-13(2)7-9/h6,9H,3-5,7H2,1-2H3. The molecule has 1 aliphatic heterocycles. The number of piperidine rings is 1. The van der Waals surface area contributed by atoms with Gasteiger partial charge in [0.25, 0.3) is 0 Å². The zero-order chi connectivity index (χ0) is 10.1. The van der Waals surface area contributed by atoms with E-state index in [1.165, 1.54) is 19.4 Å². The highest BCUT2D eigenvalue weighted by molar-refractivity contribution is 9.10. The molecule has 14 heavy (non-hydrogen) atoms. The number of aromatic nitrogens is 2. The Morgan fingerprint density at radius 2 is 2.36 bits per heavy atom. The number of hydrogen-bond donors (Lipinski definition) is 0. The van der Waals surface area contributed by atoms with Crippen LogP contribution in [-0.2, 0) is 0 Å². The normalized spacial score (nSPS) is 24.1. The molecule has 0 saturated carbocycles. The summed E-state index contributed by atoms with van der Waals surface area (Å²) in [6.07, 6.45) is 2.51. The van der Waals surface area contributed by atoms with Crippen molar-refractivity contribution in [2.75, 3.05) is 20.1 Å². The third kappa shape index (κ3) is 2.01. The van der Waals surface area contributed by atoms with E-state index in [1.807, 2.05) is 6.92 Å². The second kappa shape index (κ2) is 4.03. The Morgan fingerprint density at radius 3 is 2.93 bits per heavy atom. The van der Waals surface area contributed by atoms with Crippen LogP contribution in [0.1, 0.15) is 24.6 Å². The second-order valence-corrected chi connectivity index (χ2v) is 4.92. The predicted molar refractivity (Wildman–Crippen MR) is 60.4 cm³/mol. The Balaban J connectivity index is 2.17. The lowest BCUT2D eigenvalue weighted by molar-refractivity contribution is 0.200. The molecule has 1 unspecified atom stereocenters. The highest BCUT2D eigenvalue weighted by Gasteiger charge is 2.20. The monoisotopic (exact) mass is 257 g/mol. The van der Waals surface area contributed by atoms with Gasteiger partial charge in [-0.2, -0.15) is 5.10 Å². The lowest BCUT2D eigenvalue weighted by Gasteiger charge is -2.30. The highest BCUT2D eigenvalue weighted by Crippen LogP contribution is 2.24. The van der Waals surface area contributed by atoms with Crippen molar-refractivity contribution in [1.29, 1.82) is 0 Å². The Hall–Kier alpha value is -0.350. The summed E-state index contributed by atoms with van der Waals surface area (Å²) in [6, 6.07) is 2.62. The maximum absolute atomic E-state index is 4.51. The average Bonchev–Trinajstić information content (AvgIpc) is 2.45. The molecule has 0 aromatic carbocycles. The highest BCUT2D eigenvalue weighted by atomic mass is 79.9. The zero-order valence-electron chi connectivity index (χ0n) is 8.70. The van der Waals surface area contributed by atoms with Crippen LogP contribution >= 0.6 is 15.9 Å². The summed E-state index contributed by atoms with van der Waals surface area (Å²) in [5, 5.41) is 4.51. The van der Waals surface area contributed by atoms with Crippen molar-refractivity contribution in [3.63, 3.8) is 0 Å². The maximum atomic E-state index is 4.51. The first kappa shape index (κ1) is 10.2. The lowest BCUT2D eigenvalue weighted by atomic mass is 10.1. The van der Waals surface area contributed by atoms with Crippen molar-refractivity contribution in [1.82, 2.24) is 14.7 Å². The van der Waals surface area contributed by atoms with E-state index in [0.29, 0.717) is 6.04 Å². The molecule has 1 atom stereocenters. The van der Waals surface area contributed by atoms with Gasteiger partial charge in [0.15, 0.2) is 0 Å². The molecule has 78 valence electrons. The molecule has 0 spiro atoms. The van der Waals surface area contributed by atoms with Crippen LogP contribution in [-0.4, -0.2) is 34.8 Å². The number of aryl methyl sites for hydroxylation is 1. The number of nitrogens with zero attached hydrogens (tertiary/aromatic N) is 3. The molecular formula is C10H16BrN3. The molecule has 1 aromatic rings. The van der Waals surface area contributed by atoms with Gasteiger partial charge in [0.1, 0.15) is 4.60 Å².